The number of unbranched alkanes of at least 4 members (excludes halogenated alkanes) is 1. The number of hydrogen-bond acceptors (Lipinski definition) is 1. The Labute approximate surface area is 228 Å². The molecule has 38 heavy (non-hydrogen) atoms. The van der Waals surface area contributed by atoms with E-state index < -0.39 is 11.7 Å². The average molecular weight is 549 g/mol. The first-order valence-corrected chi connectivity index (χ1v) is 13.3. The van der Waals surface area contributed by atoms with Crippen molar-refractivity contribution in [2.24, 2.45) is 4.99 Å². The molecule has 0 aliphatic heterocycles. The van der Waals surface area contributed by atoms with Crippen LogP contribution in [0.5, 0.6) is 0 Å². The van der Waals surface area contributed by atoms with Crippen LogP contribution >= 0.6 is 11.6 Å². The summed E-state index contributed by atoms with van der Waals surface area (Å²) in [6, 6.07) is 11.4. The van der Waals surface area contributed by atoms with Crippen molar-refractivity contribution in [1.29, 1.82) is 0 Å². The number of halogens is 5. The number of rotatable bonds is 9. The van der Waals surface area contributed by atoms with Gasteiger partial charge in [0.05, 0.1) is 0 Å². The van der Waals surface area contributed by atoms with Crippen LogP contribution < -0.4 is 0 Å². The molecule has 3 aromatic rings. The summed E-state index contributed by atoms with van der Waals surface area (Å²) in [7, 11) is 0. The molecule has 1 atom stereocenters. The lowest BCUT2D eigenvalue weighted by molar-refractivity contribution is -0.0878. The van der Waals surface area contributed by atoms with Crippen LogP contribution in [-0.4, -0.2) is 16.9 Å². The zero-order chi connectivity index (χ0) is 28.5. The number of hydrogen-bond donors (Lipinski definition) is 1. The first kappa shape index (κ1) is 31.4. The molecule has 3 rings (SSSR count). The van der Waals surface area contributed by atoms with Gasteiger partial charge in [0.15, 0.2) is 0 Å². The number of nitrogens with one attached hydrogen (secondary N) is 1. The summed E-state index contributed by atoms with van der Waals surface area (Å²) in [5.74, 6) is -0.163. The Hall–Kier alpha value is -2.86. The maximum absolute atomic E-state index is 14.5. The number of aromatic amines is 1. The number of aliphatic imine (C=N–C) groups is 1. The topological polar surface area (TPSA) is 28.1 Å². The van der Waals surface area contributed by atoms with Crippen molar-refractivity contribution in [3.63, 3.8) is 0 Å². The smallest absolute Gasteiger partial charge is 0.358 e. The minimum Gasteiger partial charge on any atom is -0.358 e. The predicted molar refractivity (Wildman–Crippen MR) is 153 cm³/mol. The monoisotopic (exact) mass is 548 g/mol. The third kappa shape index (κ3) is 8.87. The SMILES string of the molecule is C=C(/C=C\N=C(C)CCC)C(F)(F)F.CCCCc1c(C(C)c2ccc(C)cc2F)[nH]c2ccc(Cl)cc12. The number of alkyl halides is 3. The number of fused-ring (bicyclic) bond motifs is 1. The molecule has 0 radical (unpaired) electrons. The molecular weight excluding hydrogens is 512 g/mol. The summed E-state index contributed by atoms with van der Waals surface area (Å²) < 4.78 is 50.2. The number of aromatic nitrogens is 1. The molecule has 1 aromatic heterocycles. The summed E-state index contributed by atoms with van der Waals surface area (Å²) in [5.41, 5.74) is 5.04. The highest BCUT2D eigenvalue weighted by Gasteiger charge is 2.29. The highest BCUT2D eigenvalue weighted by atomic mass is 35.5. The van der Waals surface area contributed by atoms with E-state index in [4.69, 9.17) is 11.6 Å². The summed E-state index contributed by atoms with van der Waals surface area (Å²) in [4.78, 5) is 7.36. The lowest BCUT2D eigenvalue weighted by Gasteiger charge is -2.15. The van der Waals surface area contributed by atoms with Crippen molar-refractivity contribution in [2.45, 2.75) is 78.8 Å². The lowest BCUT2D eigenvalue weighted by Crippen LogP contribution is -2.08. The Morgan fingerprint density at radius 1 is 1.13 bits per heavy atom. The average Bonchev–Trinajstić information content (AvgIpc) is 3.19. The fourth-order valence-corrected chi connectivity index (χ4v) is 4.32. The van der Waals surface area contributed by atoms with Crippen molar-refractivity contribution in [1.82, 2.24) is 4.98 Å². The second-order valence-electron chi connectivity index (χ2n) is 9.51. The van der Waals surface area contributed by atoms with Gasteiger partial charge in [-0.05, 0) is 80.1 Å². The van der Waals surface area contributed by atoms with E-state index in [0.29, 0.717) is 0 Å². The number of benzene rings is 2. The van der Waals surface area contributed by atoms with Crippen molar-refractivity contribution in [3.05, 3.63) is 94.1 Å². The molecule has 2 aromatic carbocycles. The van der Waals surface area contributed by atoms with E-state index in [1.165, 1.54) is 5.56 Å². The maximum Gasteiger partial charge on any atom is 0.415 e. The minimum absolute atomic E-state index is 0.0244. The van der Waals surface area contributed by atoms with Gasteiger partial charge >= 0.3 is 6.18 Å². The zero-order valence-corrected chi connectivity index (χ0v) is 23.5. The van der Waals surface area contributed by atoms with Gasteiger partial charge in [0.2, 0.25) is 0 Å². The van der Waals surface area contributed by atoms with Gasteiger partial charge in [-0.25, -0.2) is 4.39 Å². The molecule has 0 spiro atoms. The molecule has 0 bridgehead atoms. The van der Waals surface area contributed by atoms with E-state index >= 15 is 0 Å². The number of H-pyrrole nitrogens is 1. The molecule has 2 nitrogen and oxygen atoms in total. The van der Waals surface area contributed by atoms with Crippen molar-refractivity contribution in [2.75, 3.05) is 0 Å². The van der Waals surface area contributed by atoms with Gasteiger partial charge in [0, 0.05) is 45.0 Å². The Balaban J connectivity index is 0.000000312. The normalized spacial score (nSPS) is 13.1. The fourth-order valence-electron chi connectivity index (χ4n) is 4.15. The third-order valence-corrected chi connectivity index (χ3v) is 6.52. The van der Waals surface area contributed by atoms with E-state index in [1.807, 2.05) is 44.2 Å². The van der Waals surface area contributed by atoms with Gasteiger partial charge < -0.3 is 4.98 Å². The Bertz CT molecular complexity index is 1290. The fraction of sp³-hybridized carbons (Fsp3) is 0.387. The molecule has 0 fully saturated rings. The van der Waals surface area contributed by atoms with E-state index in [1.54, 1.807) is 13.0 Å². The van der Waals surface area contributed by atoms with Crippen molar-refractivity contribution >= 4 is 28.2 Å². The molecule has 0 amide bonds. The molecule has 0 aliphatic carbocycles. The molecule has 0 aliphatic rings. The van der Waals surface area contributed by atoms with Gasteiger partial charge in [-0.15, -0.1) is 0 Å². The predicted octanol–water partition coefficient (Wildman–Crippen LogP) is 10.6. The van der Waals surface area contributed by atoms with Gasteiger partial charge in [-0.3, -0.25) is 4.99 Å². The molecule has 0 saturated heterocycles. The van der Waals surface area contributed by atoms with Crippen molar-refractivity contribution < 1.29 is 17.6 Å². The number of allylic oxidation sites excluding steroid dienone is 2. The standard InChI is InChI=1S/C21H23ClFN.C10H14F3N/c1-4-5-6-17-18-12-15(22)8-10-20(18)24-21(17)14(3)16-9-7-13(2)11-19(16)23;1-4-5-9(3)14-7-6-8(2)10(11,12)13/h7-12,14,24H,4-6H2,1-3H3;6-7H,2,4-5H2,1,3H3/b;7-6-,14-9?. The van der Waals surface area contributed by atoms with Crippen LogP contribution in [0.2, 0.25) is 5.02 Å². The quantitative estimate of drug-likeness (QED) is 0.156. The second-order valence-corrected chi connectivity index (χ2v) is 9.95. The van der Waals surface area contributed by atoms with Gasteiger partial charge in [0.25, 0.3) is 0 Å². The van der Waals surface area contributed by atoms with E-state index in [2.05, 4.69) is 30.4 Å². The van der Waals surface area contributed by atoms with Crippen LogP contribution in [0.15, 0.2) is 65.8 Å². The molecule has 7 heteroatoms. The van der Waals surface area contributed by atoms with E-state index in [-0.39, 0.29) is 11.7 Å². The van der Waals surface area contributed by atoms with Crippen LogP contribution in [0.3, 0.4) is 0 Å². The molecule has 1 unspecified atom stereocenters. The largest absolute Gasteiger partial charge is 0.415 e. The number of aryl methyl sites for hydroxylation is 2. The van der Waals surface area contributed by atoms with Crippen LogP contribution in [0.1, 0.15) is 81.7 Å². The van der Waals surface area contributed by atoms with Crippen LogP contribution in [-0.2, 0) is 6.42 Å². The third-order valence-electron chi connectivity index (χ3n) is 6.28. The summed E-state index contributed by atoms with van der Waals surface area (Å²) in [6.45, 7) is 12.8. The van der Waals surface area contributed by atoms with Crippen LogP contribution in [0.4, 0.5) is 17.6 Å². The molecule has 1 heterocycles. The summed E-state index contributed by atoms with van der Waals surface area (Å²) in [5, 5.41) is 1.89. The Kier molecular flexibility index (Phi) is 11.8. The lowest BCUT2D eigenvalue weighted by atomic mass is 9.91. The zero-order valence-electron chi connectivity index (χ0n) is 22.8. The summed E-state index contributed by atoms with van der Waals surface area (Å²) >= 11 is 6.20. The highest BCUT2D eigenvalue weighted by molar-refractivity contribution is 6.31. The van der Waals surface area contributed by atoms with Gasteiger partial charge in [-0.2, -0.15) is 13.2 Å². The molecule has 1 N–H and O–H groups in total. The molecule has 0 saturated carbocycles. The highest BCUT2D eigenvalue weighted by Crippen LogP contribution is 2.35. The van der Waals surface area contributed by atoms with E-state index in [9.17, 15) is 17.6 Å². The van der Waals surface area contributed by atoms with Crippen molar-refractivity contribution in [3.8, 4) is 0 Å². The van der Waals surface area contributed by atoms with Gasteiger partial charge in [-0.1, -0.05) is 63.9 Å². The minimum atomic E-state index is -4.36. The maximum atomic E-state index is 14.5. The van der Waals surface area contributed by atoms with Crippen LogP contribution in [0.25, 0.3) is 10.9 Å². The number of nitrogens with zero attached hydrogens (tertiary/aromatic N) is 1. The summed E-state index contributed by atoms with van der Waals surface area (Å²) in [6.07, 6.45) is 2.59. The first-order valence-electron chi connectivity index (χ1n) is 12.9. The Morgan fingerprint density at radius 2 is 1.84 bits per heavy atom. The Morgan fingerprint density at radius 3 is 2.45 bits per heavy atom. The first-order chi connectivity index (χ1) is 17.9. The van der Waals surface area contributed by atoms with E-state index in [0.717, 1.165) is 82.8 Å². The molecule has 206 valence electrons. The van der Waals surface area contributed by atoms with Crippen LogP contribution in [0, 0.1) is 12.7 Å². The second kappa shape index (κ2) is 14.3. The molecular formula is C31H37ClF4N2. The van der Waals surface area contributed by atoms with Gasteiger partial charge in [0.1, 0.15) is 5.82 Å².